The summed E-state index contributed by atoms with van der Waals surface area (Å²) >= 11 is 0. The van der Waals surface area contributed by atoms with Crippen molar-refractivity contribution in [1.29, 1.82) is 0 Å². The standard InChI is InChI=1S/C25H32N2O3/c1-25(2)18-21(30-23-17-20(29-3)9-10-22(23)25)11-12-26-13-15-27(16-14-26)24(28)19-7-5-4-6-8-19/h4-10,17,21H,11-16,18H2,1-3H3. The predicted octanol–water partition coefficient (Wildman–Crippen LogP) is 3.97. The van der Waals surface area contributed by atoms with Gasteiger partial charge in [0.15, 0.2) is 0 Å². The van der Waals surface area contributed by atoms with Gasteiger partial charge in [0.05, 0.1) is 7.11 Å². The smallest absolute Gasteiger partial charge is 0.253 e. The maximum absolute atomic E-state index is 12.6. The van der Waals surface area contributed by atoms with E-state index in [0.717, 1.165) is 62.6 Å². The SMILES string of the molecule is COc1ccc2c(c1)OC(CCN1CCN(C(=O)c3ccccc3)CC1)CC2(C)C. The number of methoxy groups -OCH3 is 1. The van der Waals surface area contributed by atoms with Crippen molar-refractivity contribution < 1.29 is 14.3 Å². The average molecular weight is 409 g/mol. The van der Waals surface area contributed by atoms with Crippen LogP contribution in [0, 0.1) is 0 Å². The minimum atomic E-state index is 0.0886. The number of hydrogen-bond donors (Lipinski definition) is 0. The van der Waals surface area contributed by atoms with E-state index in [-0.39, 0.29) is 17.4 Å². The maximum Gasteiger partial charge on any atom is 0.253 e. The molecule has 0 bridgehead atoms. The fourth-order valence-electron chi connectivity index (χ4n) is 4.61. The van der Waals surface area contributed by atoms with Gasteiger partial charge in [0.25, 0.3) is 5.91 Å². The summed E-state index contributed by atoms with van der Waals surface area (Å²) in [5.74, 6) is 1.93. The van der Waals surface area contributed by atoms with Crippen LogP contribution in [0.25, 0.3) is 0 Å². The Kier molecular flexibility index (Phi) is 6.00. The molecule has 2 aromatic rings. The molecule has 0 radical (unpaired) electrons. The van der Waals surface area contributed by atoms with Gasteiger partial charge in [-0.3, -0.25) is 9.69 Å². The highest BCUT2D eigenvalue weighted by atomic mass is 16.5. The summed E-state index contributed by atoms with van der Waals surface area (Å²) in [6, 6.07) is 15.7. The summed E-state index contributed by atoms with van der Waals surface area (Å²) in [7, 11) is 1.69. The molecular formula is C25H32N2O3. The van der Waals surface area contributed by atoms with E-state index in [9.17, 15) is 4.79 Å². The first-order chi connectivity index (χ1) is 14.5. The summed E-state index contributed by atoms with van der Waals surface area (Å²) in [6.07, 6.45) is 2.20. The van der Waals surface area contributed by atoms with Crippen LogP contribution in [0.1, 0.15) is 42.6 Å². The first-order valence-electron chi connectivity index (χ1n) is 10.9. The van der Waals surface area contributed by atoms with E-state index in [0.29, 0.717) is 0 Å². The van der Waals surface area contributed by atoms with E-state index in [2.05, 4.69) is 24.8 Å². The molecule has 2 aromatic carbocycles. The molecule has 160 valence electrons. The highest BCUT2D eigenvalue weighted by molar-refractivity contribution is 5.94. The van der Waals surface area contributed by atoms with E-state index in [1.807, 2.05) is 47.4 Å². The molecule has 1 saturated heterocycles. The van der Waals surface area contributed by atoms with E-state index < -0.39 is 0 Å². The molecule has 1 amide bonds. The first kappa shape index (κ1) is 20.7. The Morgan fingerprint density at radius 1 is 1.10 bits per heavy atom. The molecule has 0 N–H and O–H groups in total. The number of carbonyl (C=O) groups is 1. The summed E-state index contributed by atoms with van der Waals surface area (Å²) in [4.78, 5) is 17.0. The monoisotopic (exact) mass is 408 g/mol. The third kappa shape index (κ3) is 4.46. The highest BCUT2D eigenvalue weighted by Gasteiger charge is 2.35. The Morgan fingerprint density at radius 2 is 1.83 bits per heavy atom. The number of carbonyl (C=O) groups excluding carboxylic acids is 1. The van der Waals surface area contributed by atoms with Crippen molar-refractivity contribution in [2.45, 2.75) is 38.2 Å². The largest absolute Gasteiger partial charge is 0.497 e. The Balaban J connectivity index is 1.30. The normalized spacial score (nSPS) is 20.9. The topological polar surface area (TPSA) is 42.0 Å². The van der Waals surface area contributed by atoms with Gasteiger partial charge >= 0.3 is 0 Å². The molecule has 0 aliphatic carbocycles. The van der Waals surface area contributed by atoms with Crippen LogP contribution in [0.2, 0.25) is 0 Å². The van der Waals surface area contributed by atoms with Crippen LogP contribution >= 0.6 is 0 Å². The van der Waals surface area contributed by atoms with Gasteiger partial charge in [-0.05, 0) is 36.5 Å². The van der Waals surface area contributed by atoms with Gasteiger partial charge in [0, 0.05) is 49.9 Å². The Labute approximate surface area is 179 Å². The number of hydrogen-bond acceptors (Lipinski definition) is 4. The van der Waals surface area contributed by atoms with Crippen LogP contribution < -0.4 is 9.47 Å². The van der Waals surface area contributed by atoms with Crippen LogP contribution in [-0.4, -0.2) is 61.6 Å². The maximum atomic E-state index is 12.6. The average Bonchev–Trinajstić information content (AvgIpc) is 2.77. The number of nitrogens with zero attached hydrogens (tertiary/aromatic N) is 2. The van der Waals surface area contributed by atoms with Gasteiger partial charge in [-0.15, -0.1) is 0 Å². The molecule has 1 atom stereocenters. The quantitative estimate of drug-likeness (QED) is 0.751. The van der Waals surface area contributed by atoms with Gasteiger partial charge in [0.1, 0.15) is 17.6 Å². The zero-order chi connectivity index (χ0) is 21.1. The van der Waals surface area contributed by atoms with Gasteiger partial charge in [-0.25, -0.2) is 0 Å². The molecule has 2 aliphatic rings. The Morgan fingerprint density at radius 3 is 2.53 bits per heavy atom. The molecule has 0 aromatic heterocycles. The fraction of sp³-hybridized carbons (Fsp3) is 0.480. The summed E-state index contributed by atoms with van der Waals surface area (Å²) in [6.45, 7) is 8.98. The van der Waals surface area contributed by atoms with Gasteiger partial charge < -0.3 is 14.4 Å². The zero-order valence-electron chi connectivity index (χ0n) is 18.3. The molecule has 2 aliphatic heterocycles. The van der Waals surface area contributed by atoms with E-state index >= 15 is 0 Å². The zero-order valence-corrected chi connectivity index (χ0v) is 18.3. The van der Waals surface area contributed by atoms with Crippen molar-refractivity contribution in [2.24, 2.45) is 0 Å². The third-order valence-corrected chi connectivity index (χ3v) is 6.40. The van der Waals surface area contributed by atoms with Crippen molar-refractivity contribution in [3.05, 3.63) is 59.7 Å². The second kappa shape index (κ2) is 8.68. The van der Waals surface area contributed by atoms with Crippen molar-refractivity contribution >= 4 is 5.91 Å². The van der Waals surface area contributed by atoms with E-state index in [4.69, 9.17) is 9.47 Å². The van der Waals surface area contributed by atoms with E-state index in [1.54, 1.807) is 7.11 Å². The van der Waals surface area contributed by atoms with Crippen LogP contribution in [0.4, 0.5) is 0 Å². The van der Waals surface area contributed by atoms with Gasteiger partial charge in [-0.2, -0.15) is 0 Å². The fourth-order valence-corrected chi connectivity index (χ4v) is 4.61. The van der Waals surface area contributed by atoms with Crippen LogP contribution in [-0.2, 0) is 5.41 Å². The number of amides is 1. The summed E-state index contributed by atoms with van der Waals surface area (Å²) in [5.41, 5.74) is 2.12. The molecule has 5 heteroatoms. The van der Waals surface area contributed by atoms with Crippen molar-refractivity contribution in [3.63, 3.8) is 0 Å². The minimum absolute atomic E-state index is 0.0886. The lowest BCUT2D eigenvalue weighted by Crippen LogP contribution is -2.49. The van der Waals surface area contributed by atoms with Crippen molar-refractivity contribution in [2.75, 3.05) is 39.8 Å². The number of piperazine rings is 1. The molecular weight excluding hydrogens is 376 g/mol. The van der Waals surface area contributed by atoms with Gasteiger partial charge in [-0.1, -0.05) is 38.1 Å². The Hall–Kier alpha value is -2.53. The molecule has 5 nitrogen and oxygen atoms in total. The Bertz CT molecular complexity index is 873. The molecule has 30 heavy (non-hydrogen) atoms. The lowest BCUT2D eigenvalue weighted by atomic mass is 9.77. The predicted molar refractivity (Wildman–Crippen MR) is 118 cm³/mol. The minimum Gasteiger partial charge on any atom is -0.497 e. The molecule has 0 spiro atoms. The number of fused-ring (bicyclic) bond motifs is 1. The van der Waals surface area contributed by atoms with Crippen molar-refractivity contribution in [3.8, 4) is 11.5 Å². The molecule has 2 heterocycles. The molecule has 1 unspecified atom stereocenters. The summed E-state index contributed by atoms with van der Waals surface area (Å²) < 4.78 is 11.7. The molecule has 4 rings (SSSR count). The number of benzene rings is 2. The second-order valence-corrected chi connectivity index (χ2v) is 8.98. The second-order valence-electron chi connectivity index (χ2n) is 8.98. The van der Waals surface area contributed by atoms with Crippen LogP contribution in [0.5, 0.6) is 11.5 Å². The lowest BCUT2D eigenvalue weighted by molar-refractivity contribution is 0.0593. The molecule has 0 saturated carbocycles. The third-order valence-electron chi connectivity index (χ3n) is 6.40. The van der Waals surface area contributed by atoms with Gasteiger partial charge in [0.2, 0.25) is 0 Å². The first-order valence-corrected chi connectivity index (χ1v) is 10.9. The van der Waals surface area contributed by atoms with Crippen LogP contribution in [0.3, 0.4) is 0 Å². The highest BCUT2D eigenvalue weighted by Crippen LogP contribution is 2.42. The number of rotatable bonds is 5. The van der Waals surface area contributed by atoms with E-state index in [1.165, 1.54) is 5.56 Å². The molecule has 1 fully saturated rings. The van der Waals surface area contributed by atoms with Crippen LogP contribution in [0.15, 0.2) is 48.5 Å². The summed E-state index contributed by atoms with van der Waals surface area (Å²) in [5, 5.41) is 0. The number of ether oxygens (including phenoxy) is 2. The lowest BCUT2D eigenvalue weighted by Gasteiger charge is -2.39. The van der Waals surface area contributed by atoms with Crippen molar-refractivity contribution in [1.82, 2.24) is 9.80 Å².